The lowest BCUT2D eigenvalue weighted by molar-refractivity contribution is 0.573. The van der Waals surface area contributed by atoms with Gasteiger partial charge in [-0.1, -0.05) is 55.3 Å². The highest BCUT2D eigenvalue weighted by molar-refractivity contribution is 7.99. The van der Waals surface area contributed by atoms with Gasteiger partial charge in [-0.15, -0.1) is 23.1 Å². The fraction of sp³-hybridized carbons (Fsp3) is 0.345. The van der Waals surface area contributed by atoms with E-state index in [1.54, 1.807) is 17.4 Å². The van der Waals surface area contributed by atoms with Gasteiger partial charge in [-0.05, 0) is 37.5 Å². The highest BCUT2D eigenvalue weighted by Gasteiger charge is 2.20. The summed E-state index contributed by atoms with van der Waals surface area (Å²) in [5.41, 5.74) is 3.39. The number of thiazole rings is 1. The second-order valence-corrected chi connectivity index (χ2v) is 13.6. The van der Waals surface area contributed by atoms with E-state index >= 15 is 0 Å². The van der Waals surface area contributed by atoms with Crippen LogP contribution in [-0.2, 0) is 16.4 Å². The van der Waals surface area contributed by atoms with Crippen molar-refractivity contribution in [3.63, 3.8) is 0 Å². The maximum absolute atomic E-state index is 13.1. The molecule has 1 aliphatic heterocycles. The minimum Gasteiger partial charge on any atom is -0.377 e. The third-order valence-electron chi connectivity index (χ3n) is 6.73. The van der Waals surface area contributed by atoms with Crippen molar-refractivity contribution in [2.75, 3.05) is 43.2 Å². The highest BCUT2D eigenvalue weighted by Crippen LogP contribution is 2.40. The molecule has 200 valence electrons. The SMILES string of the molecule is CN(C)c1cccc2c(S(=O)(=O)NCCCCCCNc3nc4c(s3)CCSc3ccccc3-4)cccc12. The molecule has 38 heavy (non-hydrogen) atoms. The van der Waals surface area contributed by atoms with Crippen molar-refractivity contribution in [3.8, 4) is 11.3 Å². The number of unbranched alkanes of at least 4 members (excludes halogenated alkanes) is 3. The maximum Gasteiger partial charge on any atom is 0.241 e. The van der Waals surface area contributed by atoms with E-state index in [-0.39, 0.29) is 0 Å². The molecule has 3 aromatic carbocycles. The molecule has 2 N–H and O–H groups in total. The zero-order valence-electron chi connectivity index (χ0n) is 21.9. The quantitative estimate of drug-likeness (QED) is 0.199. The third kappa shape index (κ3) is 6.01. The number of sulfonamides is 1. The number of fused-ring (bicyclic) bond motifs is 4. The molecule has 0 radical (unpaired) electrons. The molecule has 5 rings (SSSR count). The molecule has 4 aromatic rings. The number of hydrogen-bond donors (Lipinski definition) is 2. The second-order valence-electron chi connectivity index (χ2n) is 9.65. The second kappa shape index (κ2) is 12.1. The van der Waals surface area contributed by atoms with Crippen molar-refractivity contribution in [1.82, 2.24) is 9.71 Å². The van der Waals surface area contributed by atoms with Crippen LogP contribution in [0, 0.1) is 0 Å². The normalized spacial score (nSPS) is 13.1. The first-order chi connectivity index (χ1) is 18.4. The monoisotopic (exact) mass is 566 g/mol. The Morgan fingerprint density at radius 2 is 1.66 bits per heavy atom. The summed E-state index contributed by atoms with van der Waals surface area (Å²) < 4.78 is 28.9. The minimum absolute atomic E-state index is 0.339. The fourth-order valence-electron chi connectivity index (χ4n) is 4.82. The van der Waals surface area contributed by atoms with Gasteiger partial charge >= 0.3 is 0 Å². The van der Waals surface area contributed by atoms with Crippen LogP contribution in [0.2, 0.25) is 0 Å². The van der Waals surface area contributed by atoms with Crippen molar-refractivity contribution < 1.29 is 8.42 Å². The van der Waals surface area contributed by atoms with Gasteiger partial charge in [0.1, 0.15) is 0 Å². The van der Waals surface area contributed by atoms with E-state index in [1.807, 2.05) is 61.1 Å². The van der Waals surface area contributed by atoms with Gasteiger partial charge in [0, 0.05) is 64.7 Å². The number of thioether (sulfide) groups is 1. The lowest BCUT2D eigenvalue weighted by Crippen LogP contribution is -2.25. The molecule has 0 unspecified atom stereocenters. The first kappa shape index (κ1) is 27.0. The average molecular weight is 567 g/mol. The van der Waals surface area contributed by atoms with Crippen LogP contribution in [0.5, 0.6) is 0 Å². The van der Waals surface area contributed by atoms with Crippen LogP contribution < -0.4 is 14.9 Å². The van der Waals surface area contributed by atoms with Crippen molar-refractivity contribution in [2.45, 2.75) is 41.9 Å². The Morgan fingerprint density at radius 3 is 2.50 bits per heavy atom. The minimum atomic E-state index is -3.58. The fourth-order valence-corrected chi connectivity index (χ4v) is 8.27. The molecular formula is C29H34N4O2S3. The van der Waals surface area contributed by atoms with Crippen molar-refractivity contribution in [2.24, 2.45) is 0 Å². The Bertz CT molecular complexity index is 1520. The molecule has 0 amide bonds. The Kier molecular flexibility index (Phi) is 8.57. The van der Waals surface area contributed by atoms with Crippen molar-refractivity contribution in [3.05, 3.63) is 65.5 Å². The topological polar surface area (TPSA) is 74.3 Å². The Labute approximate surface area is 233 Å². The lowest BCUT2D eigenvalue weighted by Gasteiger charge is -2.17. The summed E-state index contributed by atoms with van der Waals surface area (Å²) in [6.45, 7) is 1.31. The van der Waals surface area contributed by atoms with Crippen LogP contribution in [0.3, 0.4) is 0 Å². The highest BCUT2D eigenvalue weighted by atomic mass is 32.2. The first-order valence-electron chi connectivity index (χ1n) is 13.1. The van der Waals surface area contributed by atoms with Gasteiger partial charge in [0.15, 0.2) is 5.13 Å². The van der Waals surface area contributed by atoms with Crippen LogP contribution in [0.4, 0.5) is 10.8 Å². The summed E-state index contributed by atoms with van der Waals surface area (Å²) in [5, 5.41) is 6.19. The van der Waals surface area contributed by atoms with Gasteiger partial charge in [0.05, 0.1) is 10.6 Å². The van der Waals surface area contributed by atoms with E-state index in [0.29, 0.717) is 11.4 Å². The molecule has 0 saturated heterocycles. The van der Waals surface area contributed by atoms with E-state index in [4.69, 9.17) is 4.98 Å². The van der Waals surface area contributed by atoms with Gasteiger partial charge in [-0.25, -0.2) is 18.1 Å². The van der Waals surface area contributed by atoms with Crippen LogP contribution in [0.25, 0.3) is 22.0 Å². The third-order valence-corrected chi connectivity index (χ3v) is 10.4. The molecule has 0 fully saturated rings. The number of hydrogen-bond acceptors (Lipinski definition) is 7. The number of benzene rings is 3. The predicted octanol–water partition coefficient (Wildman–Crippen LogP) is 6.63. The Morgan fingerprint density at radius 1 is 0.895 bits per heavy atom. The van der Waals surface area contributed by atoms with Gasteiger partial charge in [0.2, 0.25) is 10.0 Å². The smallest absolute Gasteiger partial charge is 0.241 e. The zero-order chi connectivity index (χ0) is 26.5. The van der Waals surface area contributed by atoms with Crippen molar-refractivity contribution in [1.29, 1.82) is 0 Å². The van der Waals surface area contributed by atoms with E-state index in [9.17, 15) is 8.42 Å². The zero-order valence-corrected chi connectivity index (χ0v) is 24.3. The van der Waals surface area contributed by atoms with Crippen LogP contribution in [0.1, 0.15) is 30.6 Å². The van der Waals surface area contributed by atoms with E-state index in [0.717, 1.165) is 71.7 Å². The van der Waals surface area contributed by atoms with Crippen LogP contribution >= 0.6 is 23.1 Å². The molecule has 0 spiro atoms. The molecule has 0 atom stereocenters. The van der Waals surface area contributed by atoms with E-state index in [2.05, 4.69) is 34.3 Å². The van der Waals surface area contributed by atoms with Crippen LogP contribution in [-0.4, -0.2) is 46.3 Å². The number of aromatic nitrogens is 1. The van der Waals surface area contributed by atoms with Gasteiger partial charge < -0.3 is 10.2 Å². The summed E-state index contributed by atoms with van der Waals surface area (Å²) in [5.74, 6) is 1.09. The summed E-state index contributed by atoms with van der Waals surface area (Å²) in [4.78, 5) is 9.93. The number of anilines is 2. The Hall–Kier alpha value is -2.59. The summed E-state index contributed by atoms with van der Waals surface area (Å²) in [6.07, 6.45) is 4.91. The average Bonchev–Trinajstić information content (AvgIpc) is 3.24. The van der Waals surface area contributed by atoms with E-state index in [1.165, 1.54) is 15.3 Å². The van der Waals surface area contributed by atoms with Gasteiger partial charge in [0.25, 0.3) is 0 Å². The Balaban J connectivity index is 1.07. The molecule has 9 heteroatoms. The molecular weight excluding hydrogens is 533 g/mol. The predicted molar refractivity (Wildman–Crippen MR) is 162 cm³/mol. The van der Waals surface area contributed by atoms with Gasteiger partial charge in [-0.3, -0.25) is 0 Å². The standard InChI is InChI=1S/C29H34N4O2S3/c1-33(2)24-14-9-13-22-21(24)12-10-16-27(22)38(34,35)31-19-8-4-3-7-18-30-29-32-28-23-11-5-6-15-25(23)36-20-17-26(28)37-29/h5-6,9-16,31H,3-4,7-8,17-20H2,1-2H3,(H,30,32). The molecule has 1 aromatic heterocycles. The summed E-state index contributed by atoms with van der Waals surface area (Å²) >= 11 is 3.68. The molecule has 6 nitrogen and oxygen atoms in total. The molecule has 0 bridgehead atoms. The summed E-state index contributed by atoms with van der Waals surface area (Å²) in [6, 6.07) is 19.8. The van der Waals surface area contributed by atoms with Crippen molar-refractivity contribution >= 4 is 54.7 Å². The summed E-state index contributed by atoms with van der Waals surface area (Å²) in [7, 11) is 0.354. The van der Waals surface area contributed by atoms with Gasteiger partial charge in [-0.2, -0.15) is 0 Å². The number of rotatable bonds is 11. The maximum atomic E-state index is 13.1. The number of aryl methyl sites for hydroxylation is 1. The number of nitrogens with one attached hydrogen (secondary N) is 2. The molecule has 0 saturated carbocycles. The van der Waals surface area contributed by atoms with Crippen LogP contribution in [0.15, 0.2) is 70.5 Å². The molecule has 2 heterocycles. The largest absolute Gasteiger partial charge is 0.377 e. The molecule has 1 aliphatic rings. The lowest BCUT2D eigenvalue weighted by atomic mass is 10.1. The number of nitrogens with zero attached hydrogens (tertiary/aromatic N) is 2. The van der Waals surface area contributed by atoms with E-state index < -0.39 is 10.0 Å². The molecule has 0 aliphatic carbocycles. The first-order valence-corrected chi connectivity index (χ1v) is 16.4.